The first-order chi connectivity index (χ1) is 12.1. The Morgan fingerprint density at radius 2 is 1.96 bits per heavy atom. The predicted molar refractivity (Wildman–Crippen MR) is 107 cm³/mol. The number of fused-ring (bicyclic) bond motifs is 1. The number of benzene rings is 1. The van der Waals surface area contributed by atoms with Crippen LogP contribution < -0.4 is 4.90 Å². The van der Waals surface area contributed by atoms with Gasteiger partial charge in [0.2, 0.25) is 5.28 Å². The molecule has 1 aromatic carbocycles. The fourth-order valence-corrected chi connectivity index (χ4v) is 3.94. The van der Waals surface area contributed by atoms with Crippen LogP contribution >= 0.6 is 39.1 Å². The number of aromatic nitrogens is 2. The third-order valence-corrected chi connectivity index (χ3v) is 5.98. The SMILES string of the molecule is CC(C)(C)C1CN(c2nc(Cl)nc3cc(Cl)c(Br)cc23)CCN1C(=O)O. The van der Waals surface area contributed by atoms with Gasteiger partial charge < -0.3 is 14.9 Å². The standard InChI is InChI=1S/C17H19BrCl2N4O2/c1-17(2,3)13-8-23(4-5-24(13)16(25)26)14-9-6-10(18)11(19)7-12(9)21-15(20)22-14/h6-7,13H,4-5,8H2,1-3H3,(H,25,26). The Bertz CT molecular complexity index is 872. The minimum Gasteiger partial charge on any atom is -0.465 e. The lowest BCUT2D eigenvalue weighted by atomic mass is 9.84. The number of hydrogen-bond donors (Lipinski definition) is 1. The molecule has 6 nitrogen and oxygen atoms in total. The molecule has 2 heterocycles. The van der Waals surface area contributed by atoms with Crippen LogP contribution in [0.15, 0.2) is 16.6 Å². The van der Waals surface area contributed by atoms with Crippen LogP contribution in [0.5, 0.6) is 0 Å². The van der Waals surface area contributed by atoms with Crippen LogP contribution in [0.1, 0.15) is 20.8 Å². The Balaban J connectivity index is 2.06. The summed E-state index contributed by atoms with van der Waals surface area (Å²) in [5.74, 6) is 0.691. The molecule has 3 rings (SSSR count). The average Bonchev–Trinajstić information content (AvgIpc) is 2.54. The number of halogens is 3. The zero-order valence-electron chi connectivity index (χ0n) is 14.6. The van der Waals surface area contributed by atoms with E-state index in [0.29, 0.717) is 36.0 Å². The van der Waals surface area contributed by atoms with Crippen LogP contribution in [0.25, 0.3) is 10.9 Å². The van der Waals surface area contributed by atoms with E-state index in [1.165, 1.54) is 4.90 Å². The molecule has 9 heteroatoms. The molecule has 26 heavy (non-hydrogen) atoms. The maximum absolute atomic E-state index is 11.6. The highest BCUT2D eigenvalue weighted by Crippen LogP contribution is 2.35. The lowest BCUT2D eigenvalue weighted by Crippen LogP contribution is -2.59. The number of rotatable bonds is 1. The molecular weight excluding hydrogens is 443 g/mol. The van der Waals surface area contributed by atoms with Gasteiger partial charge in [0, 0.05) is 29.5 Å². The molecule has 0 radical (unpaired) electrons. The maximum Gasteiger partial charge on any atom is 0.407 e. The second kappa shape index (κ2) is 7.02. The monoisotopic (exact) mass is 460 g/mol. The number of carboxylic acid groups (broad SMARTS) is 1. The van der Waals surface area contributed by atoms with E-state index in [0.717, 1.165) is 9.86 Å². The summed E-state index contributed by atoms with van der Waals surface area (Å²) in [5, 5.41) is 11.1. The largest absolute Gasteiger partial charge is 0.465 e. The van der Waals surface area contributed by atoms with Gasteiger partial charge in [-0.2, -0.15) is 4.98 Å². The second-order valence-corrected chi connectivity index (χ2v) is 9.00. The second-order valence-electron chi connectivity index (χ2n) is 7.40. The van der Waals surface area contributed by atoms with Crippen molar-refractivity contribution in [2.75, 3.05) is 24.5 Å². The summed E-state index contributed by atoms with van der Waals surface area (Å²) in [7, 11) is 0. The Morgan fingerprint density at radius 1 is 1.27 bits per heavy atom. The third kappa shape index (κ3) is 3.70. The van der Waals surface area contributed by atoms with E-state index in [9.17, 15) is 9.90 Å². The average molecular weight is 462 g/mol. The van der Waals surface area contributed by atoms with Crippen LogP contribution in [-0.4, -0.2) is 51.7 Å². The fraction of sp³-hybridized carbons (Fsp3) is 0.471. The first-order valence-corrected chi connectivity index (χ1v) is 9.69. The van der Waals surface area contributed by atoms with Crippen molar-refractivity contribution < 1.29 is 9.90 Å². The van der Waals surface area contributed by atoms with Crippen LogP contribution in [0.2, 0.25) is 10.3 Å². The summed E-state index contributed by atoms with van der Waals surface area (Å²) in [6.07, 6.45) is -0.898. The third-order valence-electron chi connectivity index (χ3n) is 4.62. The van der Waals surface area contributed by atoms with E-state index in [2.05, 4.69) is 30.8 Å². The molecule has 0 bridgehead atoms. The Morgan fingerprint density at radius 3 is 2.58 bits per heavy atom. The molecule has 1 aliphatic rings. The lowest BCUT2D eigenvalue weighted by molar-refractivity contribution is 0.0747. The van der Waals surface area contributed by atoms with Gasteiger partial charge in [-0.3, -0.25) is 0 Å². The van der Waals surface area contributed by atoms with Crippen LogP contribution in [0.3, 0.4) is 0 Å². The molecule has 1 unspecified atom stereocenters. The smallest absolute Gasteiger partial charge is 0.407 e. The summed E-state index contributed by atoms with van der Waals surface area (Å²) in [6.45, 7) is 7.57. The first-order valence-electron chi connectivity index (χ1n) is 8.14. The van der Waals surface area contributed by atoms with Gasteiger partial charge in [-0.05, 0) is 45.1 Å². The Labute approximate surface area is 170 Å². The normalized spacial score (nSPS) is 18.5. The Hall–Kier alpha value is -1.31. The molecule has 2 aromatic rings. The highest BCUT2D eigenvalue weighted by molar-refractivity contribution is 9.10. The lowest BCUT2D eigenvalue weighted by Gasteiger charge is -2.46. The highest BCUT2D eigenvalue weighted by atomic mass is 79.9. The summed E-state index contributed by atoms with van der Waals surface area (Å²) < 4.78 is 0.746. The minimum absolute atomic E-state index is 0.138. The number of amides is 1. The van der Waals surface area contributed by atoms with Gasteiger partial charge in [0.1, 0.15) is 5.82 Å². The van der Waals surface area contributed by atoms with Gasteiger partial charge >= 0.3 is 6.09 Å². The van der Waals surface area contributed by atoms with Crippen molar-refractivity contribution in [3.63, 3.8) is 0 Å². The molecule has 1 aliphatic heterocycles. The van der Waals surface area contributed by atoms with E-state index >= 15 is 0 Å². The predicted octanol–water partition coefficient (Wildman–Crippen LogP) is 4.91. The van der Waals surface area contributed by atoms with Gasteiger partial charge in [0.15, 0.2) is 0 Å². The zero-order valence-corrected chi connectivity index (χ0v) is 17.7. The van der Waals surface area contributed by atoms with Gasteiger partial charge in [-0.1, -0.05) is 32.4 Å². The summed E-state index contributed by atoms with van der Waals surface area (Å²) in [5.41, 5.74) is 0.439. The molecule has 1 atom stereocenters. The molecule has 1 saturated heterocycles. The van der Waals surface area contributed by atoms with E-state index < -0.39 is 6.09 Å². The number of carbonyl (C=O) groups is 1. The summed E-state index contributed by atoms with van der Waals surface area (Å²) >= 11 is 15.8. The summed E-state index contributed by atoms with van der Waals surface area (Å²) in [6, 6.07) is 3.44. The van der Waals surface area contributed by atoms with Crippen molar-refractivity contribution in [3.8, 4) is 0 Å². The molecule has 1 amide bonds. The molecule has 1 aromatic heterocycles. The van der Waals surface area contributed by atoms with Crippen molar-refractivity contribution >= 4 is 61.9 Å². The first kappa shape index (κ1) is 19.5. The van der Waals surface area contributed by atoms with Crippen LogP contribution in [0, 0.1) is 5.41 Å². The topological polar surface area (TPSA) is 69.6 Å². The molecule has 0 saturated carbocycles. The quantitative estimate of drug-likeness (QED) is 0.610. The number of hydrogen-bond acceptors (Lipinski definition) is 4. The molecule has 0 spiro atoms. The number of nitrogens with zero attached hydrogens (tertiary/aromatic N) is 4. The van der Waals surface area contributed by atoms with Gasteiger partial charge in [0.05, 0.1) is 16.6 Å². The molecule has 1 N–H and O–H groups in total. The molecule has 140 valence electrons. The molecule has 1 fully saturated rings. The maximum atomic E-state index is 11.6. The van der Waals surface area contributed by atoms with Gasteiger partial charge in [-0.25, -0.2) is 9.78 Å². The fourth-order valence-electron chi connectivity index (χ4n) is 3.27. The van der Waals surface area contributed by atoms with Crippen molar-refractivity contribution in [3.05, 3.63) is 26.9 Å². The van der Waals surface area contributed by atoms with Crippen molar-refractivity contribution in [1.82, 2.24) is 14.9 Å². The zero-order chi connectivity index (χ0) is 19.2. The van der Waals surface area contributed by atoms with Crippen molar-refractivity contribution in [2.45, 2.75) is 26.8 Å². The van der Waals surface area contributed by atoms with Crippen LogP contribution in [0.4, 0.5) is 10.6 Å². The Kier molecular flexibility index (Phi) is 5.25. The van der Waals surface area contributed by atoms with Gasteiger partial charge in [0.25, 0.3) is 0 Å². The number of anilines is 1. The minimum atomic E-state index is -0.898. The summed E-state index contributed by atoms with van der Waals surface area (Å²) in [4.78, 5) is 23.9. The van der Waals surface area contributed by atoms with E-state index in [4.69, 9.17) is 23.2 Å². The highest BCUT2D eigenvalue weighted by Gasteiger charge is 2.38. The van der Waals surface area contributed by atoms with E-state index in [1.807, 2.05) is 26.8 Å². The van der Waals surface area contributed by atoms with Crippen LogP contribution in [-0.2, 0) is 0 Å². The number of piperazine rings is 1. The van der Waals surface area contributed by atoms with Gasteiger partial charge in [-0.15, -0.1) is 0 Å². The van der Waals surface area contributed by atoms with E-state index in [-0.39, 0.29) is 16.7 Å². The molecular formula is C17H19BrCl2N4O2. The van der Waals surface area contributed by atoms with Crippen molar-refractivity contribution in [1.29, 1.82) is 0 Å². The molecule has 0 aliphatic carbocycles. The van der Waals surface area contributed by atoms with E-state index in [1.54, 1.807) is 6.07 Å². The van der Waals surface area contributed by atoms with Crippen molar-refractivity contribution in [2.24, 2.45) is 5.41 Å².